The highest BCUT2D eigenvalue weighted by atomic mass is 16.5. The van der Waals surface area contributed by atoms with Gasteiger partial charge >= 0.3 is 0 Å². The molecule has 0 unspecified atom stereocenters. The number of para-hydroxylation sites is 1. The van der Waals surface area contributed by atoms with E-state index < -0.39 is 0 Å². The molecule has 1 amide bonds. The summed E-state index contributed by atoms with van der Waals surface area (Å²) < 4.78 is 6.08. The van der Waals surface area contributed by atoms with Gasteiger partial charge in [0.25, 0.3) is 0 Å². The van der Waals surface area contributed by atoms with Crippen molar-refractivity contribution in [2.24, 2.45) is 0 Å². The average molecular weight is 401 g/mol. The normalized spacial score (nSPS) is 16.1. The lowest BCUT2D eigenvalue weighted by molar-refractivity contribution is -0.133. The summed E-state index contributed by atoms with van der Waals surface area (Å²) in [6.45, 7) is 3.65. The topological polar surface area (TPSA) is 32.8 Å². The summed E-state index contributed by atoms with van der Waals surface area (Å²) >= 11 is 0. The van der Waals surface area contributed by atoms with Crippen LogP contribution in [-0.2, 0) is 11.3 Å². The Bertz CT molecular complexity index is 916. The van der Waals surface area contributed by atoms with E-state index >= 15 is 0 Å². The Kier molecular flexibility index (Phi) is 6.78. The van der Waals surface area contributed by atoms with Crippen molar-refractivity contribution in [2.75, 3.05) is 26.2 Å². The Labute approximate surface area is 178 Å². The highest BCUT2D eigenvalue weighted by molar-refractivity contribution is 5.77. The first kappa shape index (κ1) is 20.2. The molecule has 1 fully saturated rings. The van der Waals surface area contributed by atoms with E-state index in [4.69, 9.17) is 4.74 Å². The summed E-state index contributed by atoms with van der Waals surface area (Å²) in [5, 5.41) is 0. The molecule has 1 heterocycles. The van der Waals surface area contributed by atoms with Gasteiger partial charge in [-0.2, -0.15) is 0 Å². The van der Waals surface area contributed by atoms with Crippen LogP contribution in [0.15, 0.2) is 91.0 Å². The minimum atomic E-state index is -0.101. The molecule has 1 atom stereocenters. The van der Waals surface area contributed by atoms with Gasteiger partial charge < -0.3 is 9.64 Å². The van der Waals surface area contributed by atoms with E-state index in [1.54, 1.807) is 0 Å². The molecule has 3 aromatic rings. The van der Waals surface area contributed by atoms with Crippen molar-refractivity contribution >= 4 is 5.91 Å². The van der Waals surface area contributed by atoms with Crippen LogP contribution in [0.3, 0.4) is 0 Å². The molecule has 4 rings (SSSR count). The fourth-order valence-corrected chi connectivity index (χ4v) is 3.95. The number of nitrogens with zero attached hydrogens (tertiary/aromatic N) is 2. The van der Waals surface area contributed by atoms with Gasteiger partial charge in [0.15, 0.2) is 0 Å². The maximum atomic E-state index is 13.1. The number of carbonyl (C=O) groups is 1. The molecule has 4 nitrogen and oxygen atoms in total. The minimum Gasteiger partial charge on any atom is -0.491 e. The summed E-state index contributed by atoms with van der Waals surface area (Å²) in [6, 6.07) is 30.4. The van der Waals surface area contributed by atoms with Crippen molar-refractivity contribution < 1.29 is 9.53 Å². The monoisotopic (exact) mass is 400 g/mol. The van der Waals surface area contributed by atoms with Crippen molar-refractivity contribution in [1.29, 1.82) is 0 Å². The lowest BCUT2D eigenvalue weighted by Gasteiger charge is -2.31. The zero-order valence-corrected chi connectivity index (χ0v) is 17.2. The van der Waals surface area contributed by atoms with E-state index in [2.05, 4.69) is 41.3 Å². The van der Waals surface area contributed by atoms with Crippen molar-refractivity contribution in [3.05, 3.63) is 102 Å². The van der Waals surface area contributed by atoms with E-state index in [-0.39, 0.29) is 11.9 Å². The largest absolute Gasteiger partial charge is 0.491 e. The van der Waals surface area contributed by atoms with Gasteiger partial charge in [0.05, 0.1) is 6.04 Å². The summed E-state index contributed by atoms with van der Waals surface area (Å²) in [5.41, 5.74) is 2.39. The number of hydrogen-bond acceptors (Lipinski definition) is 3. The molecule has 0 saturated carbocycles. The third-order valence-electron chi connectivity index (χ3n) is 5.58. The average Bonchev–Trinajstić information content (AvgIpc) is 2.98. The molecule has 3 aromatic carbocycles. The number of amides is 1. The Hall–Kier alpha value is -3.11. The zero-order chi connectivity index (χ0) is 20.6. The van der Waals surface area contributed by atoms with E-state index in [0.717, 1.165) is 30.9 Å². The van der Waals surface area contributed by atoms with Crippen LogP contribution in [0.25, 0.3) is 0 Å². The molecular formula is C26H28N2O2. The SMILES string of the molecule is O=C1CCN(Cc2ccccc2)CCN1[C@H](COc1ccccc1)c1ccccc1. The maximum absolute atomic E-state index is 13.1. The Morgan fingerprint density at radius 2 is 1.40 bits per heavy atom. The molecule has 0 N–H and O–H groups in total. The van der Waals surface area contributed by atoms with Crippen molar-refractivity contribution in [3.63, 3.8) is 0 Å². The molecule has 0 aliphatic carbocycles. The third-order valence-corrected chi connectivity index (χ3v) is 5.58. The third kappa shape index (κ3) is 5.28. The van der Waals surface area contributed by atoms with E-state index in [1.165, 1.54) is 5.56 Å². The van der Waals surface area contributed by atoms with Gasteiger partial charge in [-0.25, -0.2) is 0 Å². The van der Waals surface area contributed by atoms with Gasteiger partial charge in [-0.3, -0.25) is 9.69 Å². The van der Waals surface area contributed by atoms with E-state index in [9.17, 15) is 4.79 Å². The van der Waals surface area contributed by atoms with Crippen LogP contribution >= 0.6 is 0 Å². The molecule has 1 saturated heterocycles. The van der Waals surface area contributed by atoms with Gasteiger partial charge in [-0.15, -0.1) is 0 Å². The van der Waals surface area contributed by atoms with Crippen molar-refractivity contribution in [2.45, 2.75) is 19.0 Å². The van der Waals surface area contributed by atoms with Crippen LogP contribution in [0.5, 0.6) is 5.75 Å². The highest BCUT2D eigenvalue weighted by Gasteiger charge is 2.29. The maximum Gasteiger partial charge on any atom is 0.224 e. The molecular weight excluding hydrogens is 372 g/mol. The Balaban J connectivity index is 1.48. The van der Waals surface area contributed by atoms with Crippen molar-refractivity contribution in [3.8, 4) is 5.75 Å². The van der Waals surface area contributed by atoms with Crippen LogP contribution < -0.4 is 4.74 Å². The lowest BCUT2D eigenvalue weighted by Crippen LogP contribution is -2.39. The minimum absolute atomic E-state index is 0.101. The van der Waals surface area contributed by atoms with Crippen LogP contribution in [0, 0.1) is 0 Å². The van der Waals surface area contributed by atoms with E-state index in [0.29, 0.717) is 19.6 Å². The molecule has 30 heavy (non-hydrogen) atoms. The number of ether oxygens (including phenoxy) is 1. The molecule has 0 radical (unpaired) electrons. The Morgan fingerprint density at radius 1 is 0.767 bits per heavy atom. The first-order valence-corrected chi connectivity index (χ1v) is 10.6. The number of carbonyl (C=O) groups excluding carboxylic acids is 1. The lowest BCUT2D eigenvalue weighted by atomic mass is 10.1. The van der Waals surface area contributed by atoms with E-state index in [1.807, 2.05) is 59.5 Å². The zero-order valence-electron chi connectivity index (χ0n) is 17.2. The standard InChI is InChI=1S/C26H28N2O2/c29-26-16-17-27(20-22-10-4-1-5-11-22)18-19-28(26)25(23-12-6-2-7-13-23)21-30-24-14-8-3-9-15-24/h1-15,25H,16-21H2/t25-/m1/s1. The number of rotatable bonds is 7. The quantitative estimate of drug-likeness (QED) is 0.584. The molecule has 154 valence electrons. The molecule has 0 spiro atoms. The van der Waals surface area contributed by atoms with Crippen LogP contribution in [0.1, 0.15) is 23.6 Å². The summed E-state index contributed by atoms with van der Waals surface area (Å²) in [6.07, 6.45) is 0.529. The summed E-state index contributed by atoms with van der Waals surface area (Å²) in [7, 11) is 0. The molecule has 0 aromatic heterocycles. The van der Waals surface area contributed by atoms with Gasteiger partial charge in [-0.05, 0) is 23.3 Å². The van der Waals surface area contributed by atoms with Crippen LogP contribution in [0.2, 0.25) is 0 Å². The number of benzene rings is 3. The molecule has 1 aliphatic heterocycles. The fourth-order valence-electron chi connectivity index (χ4n) is 3.95. The highest BCUT2D eigenvalue weighted by Crippen LogP contribution is 2.25. The smallest absolute Gasteiger partial charge is 0.224 e. The second-order valence-corrected chi connectivity index (χ2v) is 7.65. The van der Waals surface area contributed by atoms with Gasteiger partial charge in [0.1, 0.15) is 12.4 Å². The first-order chi connectivity index (χ1) is 14.8. The second kappa shape index (κ2) is 10.1. The van der Waals surface area contributed by atoms with Crippen molar-refractivity contribution in [1.82, 2.24) is 9.80 Å². The van der Waals surface area contributed by atoms with Crippen LogP contribution in [-0.4, -0.2) is 41.9 Å². The van der Waals surface area contributed by atoms with Gasteiger partial charge in [0, 0.05) is 32.6 Å². The molecule has 1 aliphatic rings. The number of hydrogen-bond donors (Lipinski definition) is 0. The fraction of sp³-hybridized carbons (Fsp3) is 0.269. The first-order valence-electron chi connectivity index (χ1n) is 10.6. The molecule has 0 bridgehead atoms. The van der Waals surface area contributed by atoms with Gasteiger partial charge in [0.2, 0.25) is 5.91 Å². The van der Waals surface area contributed by atoms with Crippen LogP contribution in [0.4, 0.5) is 0 Å². The Morgan fingerprint density at radius 3 is 2.10 bits per heavy atom. The summed E-state index contributed by atoms with van der Waals surface area (Å²) in [4.78, 5) is 17.5. The molecule has 4 heteroatoms. The predicted molar refractivity (Wildman–Crippen MR) is 119 cm³/mol. The predicted octanol–water partition coefficient (Wildman–Crippen LogP) is 4.54. The second-order valence-electron chi connectivity index (χ2n) is 7.65. The summed E-state index contributed by atoms with van der Waals surface area (Å²) in [5.74, 6) is 1.02. The van der Waals surface area contributed by atoms with Gasteiger partial charge in [-0.1, -0.05) is 78.9 Å².